The van der Waals surface area contributed by atoms with Crippen LogP contribution in [0.15, 0.2) is 30.3 Å². The summed E-state index contributed by atoms with van der Waals surface area (Å²) in [5.41, 5.74) is 6.87. The smallest absolute Gasteiger partial charge is 0.239 e. The number of hydrogen-bond donors (Lipinski definition) is 2. The molecular weight excluding hydrogens is 264 g/mol. The molecule has 1 aliphatic heterocycles. The van der Waals surface area contributed by atoms with Crippen LogP contribution in [0.5, 0.6) is 0 Å². The van der Waals surface area contributed by atoms with E-state index in [1.54, 1.807) is 0 Å². The Morgan fingerprint density at radius 3 is 2.52 bits per heavy atom. The number of nitrogens with zero attached hydrogens (tertiary/aromatic N) is 1. The van der Waals surface area contributed by atoms with Crippen molar-refractivity contribution in [2.24, 2.45) is 11.7 Å². The number of benzene rings is 1. The van der Waals surface area contributed by atoms with Crippen LogP contribution in [0.2, 0.25) is 0 Å². The van der Waals surface area contributed by atoms with Gasteiger partial charge >= 0.3 is 0 Å². The van der Waals surface area contributed by atoms with Gasteiger partial charge in [-0.25, -0.2) is 0 Å². The fourth-order valence-electron chi connectivity index (χ4n) is 3.03. The van der Waals surface area contributed by atoms with Gasteiger partial charge in [-0.2, -0.15) is 0 Å². The third kappa shape index (κ3) is 4.05. The Hall–Kier alpha value is -1.39. The first-order chi connectivity index (χ1) is 10.1. The minimum atomic E-state index is -0.437. The SMILES string of the molecule is CCCC(N)C(=O)N1CCC(C(O)c2ccccc2)CC1. The summed E-state index contributed by atoms with van der Waals surface area (Å²) in [7, 11) is 0. The van der Waals surface area contributed by atoms with Gasteiger partial charge < -0.3 is 15.7 Å². The standard InChI is InChI=1S/C17H26N2O2/c1-2-6-15(18)17(21)19-11-9-14(10-12-19)16(20)13-7-4-3-5-8-13/h3-5,7-8,14-16,20H,2,6,9-12,18H2,1H3. The summed E-state index contributed by atoms with van der Waals surface area (Å²) < 4.78 is 0. The van der Waals surface area contributed by atoms with Crippen molar-refractivity contribution in [1.29, 1.82) is 0 Å². The minimum absolute atomic E-state index is 0.0597. The van der Waals surface area contributed by atoms with Crippen LogP contribution in [-0.4, -0.2) is 35.0 Å². The zero-order valence-corrected chi connectivity index (χ0v) is 12.7. The molecule has 2 unspecified atom stereocenters. The summed E-state index contributed by atoms with van der Waals surface area (Å²) >= 11 is 0. The van der Waals surface area contributed by atoms with Gasteiger partial charge in [0, 0.05) is 13.1 Å². The maximum atomic E-state index is 12.2. The summed E-state index contributed by atoms with van der Waals surface area (Å²) in [5, 5.41) is 10.4. The Morgan fingerprint density at radius 1 is 1.33 bits per heavy atom. The number of nitrogens with two attached hydrogens (primary N) is 1. The molecule has 1 aliphatic rings. The first-order valence-corrected chi connectivity index (χ1v) is 7.90. The third-order valence-corrected chi connectivity index (χ3v) is 4.36. The van der Waals surface area contributed by atoms with Crippen LogP contribution in [0.4, 0.5) is 0 Å². The number of likely N-dealkylation sites (tertiary alicyclic amines) is 1. The predicted octanol–water partition coefficient (Wildman–Crippen LogP) is 2.09. The Kier molecular flexibility index (Phi) is 5.76. The molecule has 1 heterocycles. The van der Waals surface area contributed by atoms with Crippen molar-refractivity contribution < 1.29 is 9.90 Å². The van der Waals surface area contributed by atoms with Crippen LogP contribution in [0, 0.1) is 5.92 Å². The molecule has 2 atom stereocenters. The van der Waals surface area contributed by atoms with Crippen LogP contribution >= 0.6 is 0 Å². The largest absolute Gasteiger partial charge is 0.388 e. The number of carbonyl (C=O) groups excluding carboxylic acids is 1. The van der Waals surface area contributed by atoms with Crippen molar-refractivity contribution >= 4 is 5.91 Å². The van der Waals surface area contributed by atoms with Gasteiger partial charge in [0.2, 0.25) is 5.91 Å². The highest BCUT2D eigenvalue weighted by atomic mass is 16.3. The molecule has 0 bridgehead atoms. The lowest BCUT2D eigenvalue weighted by molar-refractivity contribution is -0.134. The molecule has 21 heavy (non-hydrogen) atoms. The number of rotatable bonds is 5. The van der Waals surface area contributed by atoms with Gasteiger partial charge in [0.25, 0.3) is 0 Å². The van der Waals surface area contributed by atoms with Gasteiger partial charge in [0.05, 0.1) is 12.1 Å². The molecular formula is C17H26N2O2. The topological polar surface area (TPSA) is 66.6 Å². The summed E-state index contributed by atoms with van der Waals surface area (Å²) in [6, 6.07) is 9.39. The molecule has 3 N–H and O–H groups in total. The highest BCUT2D eigenvalue weighted by Gasteiger charge is 2.29. The van der Waals surface area contributed by atoms with Gasteiger partial charge in [-0.05, 0) is 30.7 Å². The van der Waals surface area contributed by atoms with Gasteiger partial charge in [-0.1, -0.05) is 43.7 Å². The maximum absolute atomic E-state index is 12.2. The maximum Gasteiger partial charge on any atom is 0.239 e. The van der Waals surface area contributed by atoms with E-state index in [0.717, 1.165) is 31.2 Å². The van der Waals surface area contributed by atoms with E-state index < -0.39 is 6.10 Å². The summed E-state index contributed by atoms with van der Waals surface area (Å²) in [4.78, 5) is 14.0. The fraction of sp³-hybridized carbons (Fsp3) is 0.588. The van der Waals surface area contributed by atoms with Crippen LogP contribution in [-0.2, 0) is 4.79 Å². The molecule has 4 nitrogen and oxygen atoms in total. The quantitative estimate of drug-likeness (QED) is 0.872. The van der Waals surface area contributed by atoms with Crippen molar-refractivity contribution in [2.75, 3.05) is 13.1 Å². The lowest BCUT2D eigenvalue weighted by Gasteiger charge is -2.35. The highest BCUT2D eigenvalue weighted by molar-refractivity contribution is 5.81. The molecule has 0 aliphatic carbocycles. The number of amides is 1. The monoisotopic (exact) mass is 290 g/mol. The lowest BCUT2D eigenvalue weighted by Crippen LogP contribution is -2.47. The number of hydrogen-bond acceptors (Lipinski definition) is 3. The fourth-order valence-corrected chi connectivity index (χ4v) is 3.03. The van der Waals surface area contributed by atoms with E-state index in [-0.39, 0.29) is 17.9 Å². The molecule has 0 radical (unpaired) electrons. The van der Waals surface area contributed by atoms with E-state index in [1.807, 2.05) is 42.2 Å². The molecule has 0 spiro atoms. The summed E-state index contributed by atoms with van der Waals surface area (Å²) in [6.45, 7) is 3.44. The summed E-state index contributed by atoms with van der Waals surface area (Å²) in [5.74, 6) is 0.281. The molecule has 116 valence electrons. The van der Waals surface area contributed by atoms with Crippen LogP contribution in [0.3, 0.4) is 0 Å². The molecule has 1 aromatic rings. The Balaban J connectivity index is 1.87. The van der Waals surface area contributed by atoms with Gasteiger partial charge in [0.15, 0.2) is 0 Å². The van der Waals surface area contributed by atoms with Crippen LogP contribution in [0.25, 0.3) is 0 Å². The predicted molar refractivity (Wildman–Crippen MR) is 83.6 cm³/mol. The Bertz CT molecular complexity index is 441. The van der Waals surface area contributed by atoms with E-state index in [4.69, 9.17) is 5.73 Å². The van der Waals surface area contributed by atoms with E-state index in [1.165, 1.54) is 0 Å². The zero-order valence-electron chi connectivity index (χ0n) is 12.7. The average Bonchev–Trinajstić information content (AvgIpc) is 2.54. The van der Waals surface area contributed by atoms with Gasteiger partial charge in [0.1, 0.15) is 0 Å². The molecule has 0 saturated carbocycles. The van der Waals surface area contributed by atoms with Crippen LogP contribution in [0.1, 0.15) is 44.3 Å². The van der Waals surface area contributed by atoms with Crippen LogP contribution < -0.4 is 5.73 Å². The second-order valence-corrected chi connectivity index (χ2v) is 5.91. The second kappa shape index (κ2) is 7.57. The van der Waals surface area contributed by atoms with Crippen molar-refractivity contribution in [2.45, 2.75) is 44.8 Å². The highest BCUT2D eigenvalue weighted by Crippen LogP contribution is 2.30. The third-order valence-electron chi connectivity index (χ3n) is 4.36. The van der Waals surface area contributed by atoms with Crippen molar-refractivity contribution in [1.82, 2.24) is 4.90 Å². The van der Waals surface area contributed by atoms with Crippen molar-refractivity contribution in [3.63, 3.8) is 0 Å². The molecule has 1 fully saturated rings. The number of piperidine rings is 1. The molecule has 1 saturated heterocycles. The molecule has 0 aromatic heterocycles. The van der Waals surface area contributed by atoms with Gasteiger partial charge in [-0.3, -0.25) is 4.79 Å². The molecule has 2 rings (SSSR count). The number of aliphatic hydroxyl groups is 1. The first kappa shape index (κ1) is 16.0. The van der Waals surface area contributed by atoms with E-state index in [9.17, 15) is 9.90 Å². The zero-order chi connectivity index (χ0) is 15.2. The minimum Gasteiger partial charge on any atom is -0.388 e. The number of carbonyl (C=O) groups is 1. The average molecular weight is 290 g/mol. The van der Waals surface area contributed by atoms with Crippen molar-refractivity contribution in [3.8, 4) is 0 Å². The first-order valence-electron chi connectivity index (χ1n) is 7.90. The lowest BCUT2D eigenvalue weighted by atomic mass is 9.87. The molecule has 1 amide bonds. The molecule has 4 heteroatoms. The van der Waals surface area contributed by atoms with E-state index in [0.29, 0.717) is 13.1 Å². The van der Waals surface area contributed by atoms with Crippen molar-refractivity contribution in [3.05, 3.63) is 35.9 Å². The second-order valence-electron chi connectivity index (χ2n) is 5.91. The van der Waals surface area contributed by atoms with E-state index >= 15 is 0 Å². The Morgan fingerprint density at radius 2 is 1.95 bits per heavy atom. The van der Waals surface area contributed by atoms with Gasteiger partial charge in [-0.15, -0.1) is 0 Å². The van der Waals surface area contributed by atoms with E-state index in [2.05, 4.69) is 0 Å². The Labute approximate surface area is 126 Å². The molecule has 1 aromatic carbocycles. The normalized spacial score (nSPS) is 19.3. The number of aliphatic hydroxyl groups excluding tert-OH is 1. The summed E-state index contributed by atoms with van der Waals surface area (Å²) in [6.07, 6.45) is 2.90.